The van der Waals surface area contributed by atoms with Crippen LogP contribution in [0, 0.1) is 0 Å². The van der Waals surface area contributed by atoms with Gasteiger partial charge >= 0.3 is 0 Å². The molecule has 18 heavy (non-hydrogen) atoms. The molecule has 2 N–H and O–H groups in total. The van der Waals surface area contributed by atoms with Crippen LogP contribution in [-0.2, 0) is 6.42 Å². The van der Waals surface area contributed by atoms with Gasteiger partial charge in [-0.15, -0.1) is 0 Å². The third-order valence-electron chi connectivity index (χ3n) is 3.72. The van der Waals surface area contributed by atoms with Gasteiger partial charge in [-0.05, 0) is 57.2 Å². The van der Waals surface area contributed by atoms with Crippen molar-refractivity contribution in [2.45, 2.75) is 51.6 Å². The smallest absolute Gasteiger partial charge is 0.124 e. The van der Waals surface area contributed by atoms with Gasteiger partial charge in [0.2, 0.25) is 0 Å². The molecule has 0 bridgehead atoms. The quantitative estimate of drug-likeness (QED) is 0.902. The highest BCUT2D eigenvalue weighted by molar-refractivity contribution is 6.32. The minimum Gasteiger partial charge on any atom is -0.488 e. The van der Waals surface area contributed by atoms with Gasteiger partial charge in [0.15, 0.2) is 0 Å². The molecule has 1 aliphatic heterocycles. The summed E-state index contributed by atoms with van der Waals surface area (Å²) in [6.45, 7) is 7.11. The van der Waals surface area contributed by atoms with Gasteiger partial charge in [-0.3, -0.25) is 0 Å². The van der Waals surface area contributed by atoms with Crippen LogP contribution in [0.1, 0.15) is 50.7 Å². The number of halogens is 1. The van der Waals surface area contributed by atoms with E-state index in [0.29, 0.717) is 12.5 Å². The van der Waals surface area contributed by atoms with Crippen molar-refractivity contribution in [3.05, 3.63) is 28.3 Å². The van der Waals surface area contributed by atoms with Gasteiger partial charge in [0, 0.05) is 5.56 Å². The fourth-order valence-corrected chi connectivity index (χ4v) is 2.95. The van der Waals surface area contributed by atoms with Crippen LogP contribution in [0.2, 0.25) is 5.02 Å². The third kappa shape index (κ3) is 2.65. The van der Waals surface area contributed by atoms with E-state index >= 15 is 0 Å². The summed E-state index contributed by atoms with van der Waals surface area (Å²) < 4.78 is 5.99. The monoisotopic (exact) mass is 267 g/mol. The highest BCUT2D eigenvalue weighted by Gasteiger charge is 2.29. The molecule has 3 heteroatoms. The first-order valence-electron chi connectivity index (χ1n) is 6.65. The first-order valence-corrected chi connectivity index (χ1v) is 7.03. The Labute approximate surface area is 114 Å². The molecule has 1 unspecified atom stereocenters. The molecule has 0 aromatic heterocycles. The molecule has 1 aliphatic rings. The van der Waals surface area contributed by atoms with E-state index < -0.39 is 0 Å². The summed E-state index contributed by atoms with van der Waals surface area (Å²) in [6.07, 6.45) is 2.96. The molecule has 1 aromatic carbocycles. The summed E-state index contributed by atoms with van der Waals surface area (Å²) in [4.78, 5) is 0. The van der Waals surface area contributed by atoms with E-state index in [9.17, 15) is 0 Å². The van der Waals surface area contributed by atoms with Crippen molar-refractivity contribution in [1.82, 2.24) is 0 Å². The highest BCUT2D eigenvalue weighted by Crippen LogP contribution is 2.40. The van der Waals surface area contributed by atoms with E-state index in [1.165, 1.54) is 5.56 Å². The van der Waals surface area contributed by atoms with Crippen LogP contribution in [0.5, 0.6) is 5.75 Å². The Morgan fingerprint density at radius 3 is 2.83 bits per heavy atom. The van der Waals surface area contributed by atoms with Crippen molar-refractivity contribution in [3.63, 3.8) is 0 Å². The molecule has 0 amide bonds. The van der Waals surface area contributed by atoms with Gasteiger partial charge in [0.1, 0.15) is 11.4 Å². The van der Waals surface area contributed by atoms with Gasteiger partial charge in [0.05, 0.1) is 5.02 Å². The number of hydrogen-bond donors (Lipinski definition) is 1. The van der Waals surface area contributed by atoms with E-state index in [1.54, 1.807) is 0 Å². The molecule has 0 saturated heterocycles. The van der Waals surface area contributed by atoms with Crippen LogP contribution >= 0.6 is 11.6 Å². The van der Waals surface area contributed by atoms with Gasteiger partial charge in [-0.2, -0.15) is 0 Å². The Morgan fingerprint density at radius 2 is 2.17 bits per heavy atom. The van der Waals surface area contributed by atoms with Crippen LogP contribution in [0.4, 0.5) is 0 Å². The molecule has 2 rings (SSSR count). The maximum absolute atomic E-state index is 6.53. The van der Waals surface area contributed by atoms with Crippen molar-refractivity contribution in [1.29, 1.82) is 0 Å². The maximum atomic E-state index is 6.53. The second-order valence-corrected chi connectivity index (χ2v) is 6.16. The van der Waals surface area contributed by atoms with E-state index in [4.69, 9.17) is 22.1 Å². The summed E-state index contributed by atoms with van der Waals surface area (Å²) in [5.41, 5.74) is 7.90. The molecule has 2 nitrogen and oxygen atoms in total. The Morgan fingerprint density at radius 1 is 1.44 bits per heavy atom. The average Bonchev–Trinajstić information content (AvgIpc) is 2.28. The molecule has 0 aliphatic carbocycles. The topological polar surface area (TPSA) is 35.2 Å². The van der Waals surface area contributed by atoms with Crippen LogP contribution in [0.25, 0.3) is 0 Å². The standard InChI is InChI=1S/C15H22ClNO/c1-10(7-9-17)11-4-5-13-12(14(11)16)6-8-15(2,3)18-13/h4-5,10H,6-9,17H2,1-3H3. The lowest BCUT2D eigenvalue weighted by molar-refractivity contribution is 0.0847. The largest absolute Gasteiger partial charge is 0.488 e. The first kappa shape index (κ1) is 13.7. The van der Waals surface area contributed by atoms with Gasteiger partial charge in [-0.1, -0.05) is 24.6 Å². The third-order valence-corrected chi connectivity index (χ3v) is 4.17. The van der Waals surface area contributed by atoms with Crippen molar-refractivity contribution in [2.24, 2.45) is 5.73 Å². The number of rotatable bonds is 3. The zero-order valence-electron chi connectivity index (χ0n) is 11.4. The molecule has 1 heterocycles. The van der Waals surface area contributed by atoms with E-state index in [2.05, 4.69) is 32.9 Å². The van der Waals surface area contributed by atoms with Crippen LogP contribution in [0.15, 0.2) is 12.1 Å². The molecule has 0 radical (unpaired) electrons. The minimum absolute atomic E-state index is 0.0826. The summed E-state index contributed by atoms with van der Waals surface area (Å²) in [5.74, 6) is 1.35. The predicted molar refractivity (Wildman–Crippen MR) is 76.6 cm³/mol. The molecule has 0 saturated carbocycles. The summed E-state index contributed by atoms with van der Waals surface area (Å²) in [5, 5.41) is 0.879. The Bertz CT molecular complexity index is 442. The maximum Gasteiger partial charge on any atom is 0.124 e. The second-order valence-electron chi connectivity index (χ2n) is 5.79. The highest BCUT2D eigenvalue weighted by atomic mass is 35.5. The Kier molecular flexibility index (Phi) is 3.88. The van der Waals surface area contributed by atoms with Crippen LogP contribution < -0.4 is 10.5 Å². The zero-order valence-corrected chi connectivity index (χ0v) is 12.2. The normalized spacial score (nSPS) is 18.9. The minimum atomic E-state index is -0.0826. The summed E-state index contributed by atoms with van der Waals surface area (Å²) in [7, 11) is 0. The van der Waals surface area contributed by atoms with Crippen molar-refractivity contribution >= 4 is 11.6 Å². The SMILES string of the molecule is CC(CCN)c1ccc2c(c1Cl)CCC(C)(C)O2. The first-order chi connectivity index (χ1) is 8.44. The summed E-state index contributed by atoms with van der Waals surface area (Å²) in [6, 6.07) is 4.15. The number of ether oxygens (including phenoxy) is 1. The van der Waals surface area contributed by atoms with Gasteiger partial charge in [-0.25, -0.2) is 0 Å². The van der Waals surface area contributed by atoms with Crippen LogP contribution in [0.3, 0.4) is 0 Å². The number of benzene rings is 1. The van der Waals surface area contributed by atoms with Crippen molar-refractivity contribution < 1.29 is 4.74 Å². The van der Waals surface area contributed by atoms with Crippen molar-refractivity contribution in [2.75, 3.05) is 6.54 Å². The average molecular weight is 268 g/mol. The lowest BCUT2D eigenvalue weighted by Gasteiger charge is -2.33. The lowest BCUT2D eigenvalue weighted by atomic mass is 9.90. The molecule has 0 fully saturated rings. The number of nitrogens with two attached hydrogens (primary N) is 1. The lowest BCUT2D eigenvalue weighted by Crippen LogP contribution is -2.32. The zero-order chi connectivity index (χ0) is 13.3. The molecule has 1 aromatic rings. The van der Waals surface area contributed by atoms with Gasteiger partial charge in [0.25, 0.3) is 0 Å². The van der Waals surface area contributed by atoms with Crippen molar-refractivity contribution in [3.8, 4) is 5.75 Å². The number of fused-ring (bicyclic) bond motifs is 1. The fraction of sp³-hybridized carbons (Fsp3) is 0.600. The molecular formula is C15H22ClNO. The molecule has 0 spiro atoms. The molecule has 1 atom stereocenters. The Hall–Kier alpha value is -0.730. The molecule has 100 valence electrons. The van der Waals surface area contributed by atoms with Gasteiger partial charge < -0.3 is 10.5 Å². The fourth-order valence-electron chi connectivity index (χ4n) is 2.51. The predicted octanol–water partition coefficient (Wildman–Crippen LogP) is 3.90. The second kappa shape index (κ2) is 5.10. The van der Waals surface area contributed by atoms with E-state index in [1.807, 2.05) is 0 Å². The Balaban J connectivity index is 2.34. The number of hydrogen-bond acceptors (Lipinski definition) is 2. The van der Waals surface area contributed by atoms with E-state index in [-0.39, 0.29) is 5.60 Å². The van der Waals surface area contributed by atoms with E-state index in [0.717, 1.165) is 35.6 Å². The molecular weight excluding hydrogens is 246 g/mol. The van der Waals surface area contributed by atoms with Crippen LogP contribution in [-0.4, -0.2) is 12.1 Å². The summed E-state index contributed by atoms with van der Waals surface area (Å²) >= 11 is 6.53.